The number of esters is 1. The lowest BCUT2D eigenvalue weighted by molar-refractivity contribution is -0.269. The second kappa shape index (κ2) is 5.32. The summed E-state index contributed by atoms with van der Waals surface area (Å²) in [6.45, 7) is 6.38. The minimum Gasteiger partial charge on any atom is -0.462 e. The Labute approximate surface area is 166 Å². The van der Waals surface area contributed by atoms with Crippen molar-refractivity contribution in [3.63, 3.8) is 0 Å². The van der Waals surface area contributed by atoms with E-state index in [4.69, 9.17) is 9.47 Å². The fraction of sp³-hybridized carbons (Fsp3) is 0.955. The van der Waals surface area contributed by atoms with Crippen LogP contribution < -0.4 is 0 Å². The summed E-state index contributed by atoms with van der Waals surface area (Å²) in [7, 11) is 1.79. The van der Waals surface area contributed by atoms with E-state index in [1.54, 1.807) is 7.11 Å². The van der Waals surface area contributed by atoms with E-state index in [1.165, 1.54) is 0 Å². The predicted molar refractivity (Wildman–Crippen MR) is 100 cm³/mol. The van der Waals surface area contributed by atoms with Gasteiger partial charge in [-0.1, -0.05) is 13.8 Å². The molecule has 6 nitrogen and oxygen atoms in total. The van der Waals surface area contributed by atoms with E-state index in [1.807, 2.05) is 0 Å². The quantitative estimate of drug-likeness (QED) is 0.689. The molecule has 6 heteroatoms. The lowest BCUT2D eigenvalue weighted by Gasteiger charge is -2.69. The molecule has 7 fully saturated rings. The van der Waals surface area contributed by atoms with Crippen molar-refractivity contribution in [3.05, 3.63) is 0 Å². The lowest BCUT2D eigenvalue weighted by Crippen LogP contribution is -2.76. The molecule has 7 rings (SSSR count). The van der Waals surface area contributed by atoms with E-state index < -0.39 is 17.6 Å². The third-order valence-electron chi connectivity index (χ3n) is 10.1. The molecule has 9 bridgehead atoms. The maximum Gasteiger partial charge on any atom is 0.312 e. The number of carbonyl (C=O) groups excluding carboxylic acids is 1. The number of hydrogen-bond acceptors (Lipinski definition) is 6. The van der Waals surface area contributed by atoms with E-state index in [0.29, 0.717) is 12.8 Å². The zero-order chi connectivity index (χ0) is 19.6. The molecule has 3 aliphatic heterocycles. The monoisotopic (exact) mass is 391 g/mol. The van der Waals surface area contributed by atoms with Gasteiger partial charge >= 0.3 is 5.97 Å². The second-order valence-electron chi connectivity index (χ2n) is 10.8. The smallest absolute Gasteiger partial charge is 0.312 e. The predicted octanol–water partition coefficient (Wildman–Crippen LogP) is 1.19. The van der Waals surface area contributed by atoms with Crippen LogP contribution in [0.4, 0.5) is 0 Å². The van der Waals surface area contributed by atoms with Gasteiger partial charge in [0.15, 0.2) is 0 Å². The molecule has 1 spiro atoms. The highest BCUT2D eigenvalue weighted by Crippen LogP contribution is 2.77. The van der Waals surface area contributed by atoms with Gasteiger partial charge in [0.05, 0.1) is 23.7 Å². The lowest BCUT2D eigenvalue weighted by atomic mass is 9.42. The number of fused-ring (bicyclic) bond motifs is 2. The molecule has 156 valence electrons. The highest BCUT2D eigenvalue weighted by atomic mass is 16.5. The van der Waals surface area contributed by atoms with Crippen molar-refractivity contribution in [1.29, 1.82) is 0 Å². The Morgan fingerprint density at radius 3 is 2.82 bits per heavy atom. The van der Waals surface area contributed by atoms with Crippen LogP contribution in [-0.4, -0.2) is 71.2 Å². The average Bonchev–Trinajstić information content (AvgIpc) is 2.73. The summed E-state index contributed by atoms with van der Waals surface area (Å²) in [5.41, 5.74) is -1.46. The molecule has 28 heavy (non-hydrogen) atoms. The van der Waals surface area contributed by atoms with Crippen molar-refractivity contribution in [2.75, 3.05) is 20.2 Å². The molecule has 4 saturated carbocycles. The zero-order valence-corrected chi connectivity index (χ0v) is 17.1. The fourth-order valence-corrected chi connectivity index (χ4v) is 9.64. The Morgan fingerprint density at radius 1 is 1.32 bits per heavy atom. The van der Waals surface area contributed by atoms with Gasteiger partial charge in [-0.3, -0.25) is 9.69 Å². The van der Waals surface area contributed by atoms with Crippen LogP contribution in [0.15, 0.2) is 0 Å². The van der Waals surface area contributed by atoms with E-state index in [-0.39, 0.29) is 52.8 Å². The summed E-state index contributed by atoms with van der Waals surface area (Å²) < 4.78 is 11.9. The highest BCUT2D eigenvalue weighted by molar-refractivity contribution is 5.77. The van der Waals surface area contributed by atoms with Crippen LogP contribution in [0.25, 0.3) is 0 Å². The molecule has 0 aromatic heterocycles. The van der Waals surface area contributed by atoms with Crippen LogP contribution in [0.3, 0.4) is 0 Å². The van der Waals surface area contributed by atoms with Gasteiger partial charge in [0.1, 0.15) is 6.10 Å². The Balaban J connectivity index is 1.66. The molecule has 1 unspecified atom stereocenters. The standard InChI is InChI=1S/C22H33NO5/c1-4-23-10-20(2)7-6-13(27-3)22-12-9-11-5-8-21(26,14(12)19(25)28-11)15(18(22)23)16(24)17(20)22/h11-18,24,26H,4-10H2,1-3H3/t11-,12-,13+,14-,15?,16-,17-,18+,20+,21-,22+/m1/s1. The second-order valence-corrected chi connectivity index (χ2v) is 10.8. The molecule has 2 N–H and O–H groups in total. The maximum absolute atomic E-state index is 13.1. The van der Waals surface area contributed by atoms with Gasteiger partial charge in [0.25, 0.3) is 0 Å². The number of aliphatic hydroxyl groups excluding tert-OH is 1. The molecule has 0 aromatic rings. The van der Waals surface area contributed by atoms with Crippen molar-refractivity contribution >= 4 is 5.97 Å². The summed E-state index contributed by atoms with van der Waals surface area (Å²) in [4.78, 5) is 15.6. The van der Waals surface area contributed by atoms with E-state index in [0.717, 1.165) is 32.4 Å². The van der Waals surface area contributed by atoms with Crippen LogP contribution in [-0.2, 0) is 14.3 Å². The van der Waals surface area contributed by atoms with E-state index >= 15 is 0 Å². The first-order valence-corrected chi connectivity index (χ1v) is 11.2. The summed E-state index contributed by atoms with van der Waals surface area (Å²) >= 11 is 0. The molecule has 7 aliphatic rings. The molecule has 11 atom stereocenters. The van der Waals surface area contributed by atoms with Crippen LogP contribution >= 0.6 is 0 Å². The fourth-order valence-electron chi connectivity index (χ4n) is 9.64. The number of likely N-dealkylation sites (tertiary alicyclic amines) is 1. The number of carbonyl (C=O) groups is 1. The summed E-state index contributed by atoms with van der Waals surface area (Å²) in [6, 6.07) is 0.0757. The minimum atomic E-state index is -1.17. The average molecular weight is 392 g/mol. The van der Waals surface area contributed by atoms with Gasteiger partial charge in [-0.15, -0.1) is 0 Å². The number of piperidine rings is 1. The summed E-state index contributed by atoms with van der Waals surface area (Å²) in [5, 5.41) is 23.9. The SMILES string of the molecule is CCN1C[C@]2(C)CC[C@H](OC)[C@@]34[C@@H]5C[C@H]6CC[C@](O)(C([C@@H](O)[C@H]23)[C@H]14)[C@H]5C(=O)O6. The van der Waals surface area contributed by atoms with Crippen LogP contribution in [0.2, 0.25) is 0 Å². The molecule has 3 saturated heterocycles. The van der Waals surface area contributed by atoms with Gasteiger partial charge in [0, 0.05) is 36.9 Å². The number of ether oxygens (including phenoxy) is 2. The summed E-state index contributed by atoms with van der Waals surface area (Å²) in [5.74, 6) is -0.969. The first kappa shape index (κ1) is 18.1. The molecule has 0 aromatic carbocycles. The third kappa shape index (κ3) is 1.68. The van der Waals surface area contributed by atoms with Gasteiger partial charge in [0.2, 0.25) is 0 Å². The molecular weight excluding hydrogens is 358 g/mol. The zero-order valence-electron chi connectivity index (χ0n) is 17.1. The van der Waals surface area contributed by atoms with E-state index in [2.05, 4.69) is 18.7 Å². The van der Waals surface area contributed by atoms with Gasteiger partial charge in [-0.05, 0) is 50.0 Å². The molecular formula is C22H33NO5. The van der Waals surface area contributed by atoms with Crippen molar-refractivity contribution < 1.29 is 24.5 Å². The number of methoxy groups -OCH3 is 1. The van der Waals surface area contributed by atoms with Crippen molar-refractivity contribution in [1.82, 2.24) is 4.90 Å². The molecule has 4 aliphatic carbocycles. The number of hydrogen-bond donors (Lipinski definition) is 2. The van der Waals surface area contributed by atoms with Crippen LogP contribution in [0.5, 0.6) is 0 Å². The maximum atomic E-state index is 13.1. The Hall–Kier alpha value is -0.690. The topological polar surface area (TPSA) is 79.2 Å². The normalized spacial score (nSPS) is 61.8. The van der Waals surface area contributed by atoms with Gasteiger partial charge in [-0.2, -0.15) is 0 Å². The Morgan fingerprint density at radius 2 is 2.11 bits per heavy atom. The number of rotatable bonds is 2. The first-order valence-electron chi connectivity index (χ1n) is 11.2. The highest BCUT2D eigenvalue weighted by Gasteiger charge is 2.84. The molecule has 3 heterocycles. The Kier molecular flexibility index (Phi) is 3.44. The Bertz CT molecular complexity index is 730. The van der Waals surface area contributed by atoms with Crippen molar-refractivity contribution in [2.24, 2.45) is 34.5 Å². The third-order valence-corrected chi connectivity index (χ3v) is 10.1. The number of nitrogens with zero attached hydrogens (tertiary/aromatic N) is 1. The van der Waals surface area contributed by atoms with E-state index in [9.17, 15) is 15.0 Å². The molecule has 0 radical (unpaired) electrons. The summed E-state index contributed by atoms with van der Waals surface area (Å²) in [6.07, 6.45) is 3.38. The molecule has 0 amide bonds. The number of aliphatic hydroxyl groups is 2. The van der Waals surface area contributed by atoms with Crippen molar-refractivity contribution in [3.8, 4) is 0 Å². The van der Waals surface area contributed by atoms with Crippen LogP contribution in [0, 0.1) is 34.5 Å². The first-order chi connectivity index (χ1) is 13.3. The minimum absolute atomic E-state index is 0.0123. The van der Waals surface area contributed by atoms with Crippen LogP contribution in [0.1, 0.15) is 46.0 Å². The van der Waals surface area contributed by atoms with Gasteiger partial charge in [-0.25, -0.2) is 0 Å². The largest absolute Gasteiger partial charge is 0.462 e. The van der Waals surface area contributed by atoms with Crippen molar-refractivity contribution in [2.45, 2.75) is 75.9 Å². The van der Waals surface area contributed by atoms with Gasteiger partial charge < -0.3 is 19.7 Å².